The first kappa shape index (κ1) is 28.3. The number of cyclic esters (lactones) is 1. The van der Waals surface area contributed by atoms with E-state index < -0.39 is 41.7 Å². The van der Waals surface area contributed by atoms with Gasteiger partial charge in [0.05, 0.1) is 18.6 Å². The van der Waals surface area contributed by atoms with Gasteiger partial charge in [0, 0.05) is 36.8 Å². The van der Waals surface area contributed by atoms with Crippen molar-refractivity contribution >= 4 is 41.0 Å². The van der Waals surface area contributed by atoms with Gasteiger partial charge in [-0.05, 0) is 50.5 Å². The number of amides is 3. The fraction of sp³-hybridized carbons (Fsp3) is 0.517. The average molecular weight is 572 g/mol. The van der Waals surface area contributed by atoms with Crippen molar-refractivity contribution in [2.75, 3.05) is 31.1 Å². The van der Waals surface area contributed by atoms with E-state index in [-0.39, 0.29) is 50.4 Å². The minimum Gasteiger partial charge on any atom is -0.460 e. The van der Waals surface area contributed by atoms with Crippen LogP contribution in [0.4, 0.5) is 5.69 Å². The lowest BCUT2D eigenvalue weighted by molar-refractivity contribution is -0.158. The van der Waals surface area contributed by atoms with Gasteiger partial charge in [-0.2, -0.15) is 0 Å². The van der Waals surface area contributed by atoms with Crippen LogP contribution in [0.5, 0.6) is 0 Å². The molecule has 5 bridgehead atoms. The molecule has 4 heterocycles. The maximum Gasteiger partial charge on any atom is 0.313 e. The molecule has 1 aromatic carbocycles. The molecule has 0 radical (unpaired) electrons. The Balaban J connectivity index is 1.57. The first-order chi connectivity index (χ1) is 19.3. The lowest BCUT2D eigenvalue weighted by Crippen LogP contribution is -2.56. The minimum atomic E-state index is -1.33. The minimum absolute atomic E-state index is 0.0429. The molecule has 10 nitrogen and oxygen atoms in total. The van der Waals surface area contributed by atoms with Crippen LogP contribution in [0.2, 0.25) is 5.02 Å². The van der Waals surface area contributed by atoms with Crippen LogP contribution in [0.15, 0.2) is 48.6 Å². The van der Waals surface area contributed by atoms with Gasteiger partial charge in [0.2, 0.25) is 11.8 Å². The van der Waals surface area contributed by atoms with Crippen LogP contribution in [0.25, 0.3) is 0 Å². The van der Waals surface area contributed by atoms with Crippen LogP contribution in [-0.2, 0) is 28.7 Å². The van der Waals surface area contributed by atoms with Gasteiger partial charge in [-0.15, -0.1) is 0 Å². The van der Waals surface area contributed by atoms with Gasteiger partial charge in [0.25, 0.3) is 5.91 Å². The number of ether oxygens (including phenoxy) is 2. The van der Waals surface area contributed by atoms with Gasteiger partial charge in [-0.25, -0.2) is 0 Å². The normalized spacial score (nSPS) is 33.2. The highest BCUT2D eigenvalue weighted by Gasteiger charge is 2.73. The monoisotopic (exact) mass is 571 g/mol. The predicted molar refractivity (Wildman–Crippen MR) is 146 cm³/mol. The van der Waals surface area contributed by atoms with Gasteiger partial charge >= 0.3 is 5.97 Å². The maximum absolute atomic E-state index is 14.5. The number of allylic oxidation sites excluding steroid dienone is 1. The zero-order valence-electron chi connectivity index (χ0n) is 22.3. The van der Waals surface area contributed by atoms with Crippen LogP contribution in [0.3, 0.4) is 0 Å². The molecule has 11 heteroatoms. The van der Waals surface area contributed by atoms with E-state index in [1.807, 2.05) is 12.2 Å². The Morgan fingerprint density at radius 2 is 1.88 bits per heavy atom. The number of esters is 1. The van der Waals surface area contributed by atoms with E-state index in [1.54, 1.807) is 48.2 Å². The molecule has 0 aliphatic carbocycles. The lowest BCUT2D eigenvalue weighted by atomic mass is 9.74. The molecule has 5 rings (SSSR count). The van der Waals surface area contributed by atoms with E-state index in [1.165, 1.54) is 4.90 Å². The highest BCUT2D eigenvalue weighted by molar-refractivity contribution is 6.30. The van der Waals surface area contributed by atoms with Gasteiger partial charge in [0.15, 0.2) is 0 Å². The summed E-state index contributed by atoms with van der Waals surface area (Å²) < 4.78 is 12.1. The van der Waals surface area contributed by atoms with Crippen molar-refractivity contribution in [3.05, 3.63) is 53.6 Å². The van der Waals surface area contributed by atoms with Gasteiger partial charge in [-0.1, -0.05) is 35.9 Å². The summed E-state index contributed by atoms with van der Waals surface area (Å²) in [5.41, 5.74) is -0.750. The molecule has 2 N–H and O–H groups in total. The second kappa shape index (κ2) is 11.7. The topological polar surface area (TPSA) is 125 Å². The molecule has 1 aromatic rings. The lowest BCUT2D eigenvalue weighted by Gasteiger charge is -2.36. The van der Waals surface area contributed by atoms with Crippen molar-refractivity contribution in [2.24, 2.45) is 11.8 Å². The number of nitrogens with zero attached hydrogens (tertiary/aromatic N) is 2. The molecule has 0 saturated carbocycles. The summed E-state index contributed by atoms with van der Waals surface area (Å²) in [6, 6.07) is 5.81. The van der Waals surface area contributed by atoms with Crippen molar-refractivity contribution < 1.29 is 33.8 Å². The number of likely N-dealkylation sites (tertiary alicyclic amines) is 1. The third kappa shape index (κ3) is 5.15. The third-order valence-corrected chi connectivity index (χ3v) is 8.24. The predicted octanol–water partition coefficient (Wildman–Crippen LogP) is 1.99. The molecule has 3 amide bonds. The number of rotatable bonds is 5. The number of anilines is 1. The molecule has 40 heavy (non-hydrogen) atoms. The Kier molecular flexibility index (Phi) is 8.30. The molecule has 0 unspecified atom stereocenters. The molecule has 2 saturated heterocycles. The number of nitrogens with one attached hydrogen (secondary N) is 1. The number of hydrogen-bond acceptors (Lipinski definition) is 7. The van der Waals surface area contributed by atoms with Crippen LogP contribution >= 0.6 is 11.6 Å². The number of unbranched alkanes of at least 4 members (excludes halogenated alkanes) is 1. The molecule has 1 spiro atoms. The zero-order chi connectivity index (χ0) is 28.4. The quantitative estimate of drug-likeness (QED) is 0.314. The maximum atomic E-state index is 14.5. The molecular weight excluding hydrogens is 538 g/mol. The summed E-state index contributed by atoms with van der Waals surface area (Å²) in [4.78, 5) is 57.3. The van der Waals surface area contributed by atoms with Crippen LogP contribution in [0.1, 0.15) is 32.6 Å². The standard InChI is InChI=1S/C29H34ClN3O7/c1-18-17-31-22(35)7-3-2-4-14-32(20-10-8-19(30)9-11-20)27(37)25-29-13-12-21(40-29)23(28(38)39-18)24(29)26(36)33(25)15-5-6-16-34/h2,4,8-13,18,21,23-25,34H,3,5-7,14-17H2,1H3,(H,31,35)/b4-2-/t18-,21+,23-,24-,25+,29-/m0/s1. The largest absolute Gasteiger partial charge is 0.460 e. The number of carbonyl (C=O) groups excluding carboxylic acids is 4. The number of aliphatic hydroxyl groups is 1. The zero-order valence-corrected chi connectivity index (χ0v) is 23.1. The number of carbonyl (C=O) groups is 4. The number of halogens is 1. The van der Waals surface area contributed by atoms with Crippen molar-refractivity contribution in [1.29, 1.82) is 0 Å². The van der Waals surface area contributed by atoms with Crippen molar-refractivity contribution in [3.8, 4) is 0 Å². The number of benzene rings is 1. The van der Waals surface area contributed by atoms with Crippen molar-refractivity contribution in [3.63, 3.8) is 0 Å². The van der Waals surface area contributed by atoms with E-state index in [9.17, 15) is 24.3 Å². The van der Waals surface area contributed by atoms with Crippen LogP contribution < -0.4 is 10.2 Å². The van der Waals surface area contributed by atoms with E-state index in [0.717, 1.165) is 0 Å². The Morgan fingerprint density at radius 3 is 2.62 bits per heavy atom. The van der Waals surface area contributed by atoms with Gasteiger partial charge < -0.3 is 29.7 Å². The second-order valence-corrected chi connectivity index (χ2v) is 11.1. The third-order valence-electron chi connectivity index (χ3n) is 7.99. The van der Waals surface area contributed by atoms with Crippen molar-refractivity contribution in [2.45, 2.75) is 56.5 Å². The molecule has 214 valence electrons. The summed E-state index contributed by atoms with van der Waals surface area (Å²) in [5.74, 6) is -3.34. The second-order valence-electron chi connectivity index (χ2n) is 10.7. The Morgan fingerprint density at radius 1 is 1.10 bits per heavy atom. The first-order valence-electron chi connectivity index (χ1n) is 13.7. The summed E-state index contributed by atoms with van der Waals surface area (Å²) in [6.45, 7) is 2.20. The summed E-state index contributed by atoms with van der Waals surface area (Å²) in [6.07, 6.45) is 7.47. The molecule has 0 aromatic heterocycles. The number of hydrogen-bond donors (Lipinski definition) is 2. The number of fused-ring (bicyclic) bond motifs is 2. The van der Waals surface area contributed by atoms with E-state index in [4.69, 9.17) is 21.1 Å². The first-order valence-corrected chi connectivity index (χ1v) is 14.1. The summed E-state index contributed by atoms with van der Waals surface area (Å²) >= 11 is 6.12. The SMILES string of the molecule is C[C@H]1CNC(=O)CC/C=C\CN(c2ccc(Cl)cc2)C(=O)[C@H]2N(CCCCO)C(=O)[C@@H]3[C@@H](C(=O)O1)[C@H]1C=C[C@]32O1. The molecule has 6 atom stereocenters. The molecule has 4 aliphatic heterocycles. The fourth-order valence-corrected chi connectivity index (χ4v) is 6.25. The fourth-order valence-electron chi connectivity index (χ4n) is 6.12. The van der Waals surface area contributed by atoms with E-state index in [0.29, 0.717) is 30.0 Å². The van der Waals surface area contributed by atoms with E-state index >= 15 is 0 Å². The highest BCUT2D eigenvalue weighted by Crippen LogP contribution is 2.55. The Labute approximate surface area is 237 Å². The number of aliphatic hydroxyl groups excluding tert-OH is 1. The average Bonchev–Trinajstić information content (AvgIpc) is 3.57. The molecule has 4 aliphatic rings. The summed E-state index contributed by atoms with van der Waals surface area (Å²) in [5, 5.41) is 12.7. The van der Waals surface area contributed by atoms with Gasteiger partial charge in [0.1, 0.15) is 23.7 Å². The Bertz CT molecular complexity index is 1220. The molecule has 2 fully saturated rings. The molecular formula is C29H34ClN3O7. The van der Waals surface area contributed by atoms with E-state index in [2.05, 4.69) is 5.32 Å². The summed E-state index contributed by atoms with van der Waals surface area (Å²) in [7, 11) is 0. The highest BCUT2D eigenvalue weighted by atomic mass is 35.5. The smallest absolute Gasteiger partial charge is 0.313 e. The van der Waals surface area contributed by atoms with Gasteiger partial charge in [-0.3, -0.25) is 19.2 Å². The Hall–Kier alpha value is -3.21. The van der Waals surface area contributed by atoms with Crippen LogP contribution in [-0.4, -0.2) is 83.8 Å². The van der Waals surface area contributed by atoms with Crippen LogP contribution in [0, 0.1) is 11.8 Å². The van der Waals surface area contributed by atoms with Crippen molar-refractivity contribution in [1.82, 2.24) is 10.2 Å².